The lowest BCUT2D eigenvalue weighted by atomic mass is 10.3. The molecule has 1 aromatic heterocycles. The molecule has 0 bridgehead atoms. The van der Waals surface area contributed by atoms with Gasteiger partial charge in [0.1, 0.15) is 0 Å². The normalized spacial score (nSPS) is 9.47. The maximum Gasteiger partial charge on any atom is 0.346 e. The van der Waals surface area contributed by atoms with Crippen LogP contribution >= 0.6 is 0 Å². The molecular formula is C10H8FNO3. The van der Waals surface area contributed by atoms with Crippen LogP contribution in [-0.2, 0) is 9.53 Å². The van der Waals surface area contributed by atoms with Crippen molar-refractivity contribution >= 4 is 11.9 Å². The van der Waals surface area contributed by atoms with Gasteiger partial charge in [-0.15, -0.1) is 0 Å². The summed E-state index contributed by atoms with van der Waals surface area (Å²) in [5, 5.41) is 0. The minimum absolute atomic E-state index is 0.0721. The van der Waals surface area contributed by atoms with Crippen LogP contribution in [0.15, 0.2) is 30.5 Å². The number of carbonyl (C=O) groups is 2. The topological polar surface area (TPSA) is 56.3 Å². The zero-order valence-electron chi connectivity index (χ0n) is 7.99. The number of rotatable bonds is 2. The van der Waals surface area contributed by atoms with Gasteiger partial charge >= 0.3 is 11.9 Å². The third kappa shape index (κ3) is 2.98. The molecule has 5 heteroatoms. The average molecular weight is 209 g/mol. The zero-order chi connectivity index (χ0) is 11.4. The van der Waals surface area contributed by atoms with E-state index in [9.17, 15) is 14.0 Å². The van der Waals surface area contributed by atoms with Crippen molar-refractivity contribution in [2.24, 2.45) is 0 Å². The first kappa shape index (κ1) is 11.0. The fourth-order valence-electron chi connectivity index (χ4n) is 0.760. The van der Waals surface area contributed by atoms with E-state index >= 15 is 0 Å². The smallest absolute Gasteiger partial charge is 0.346 e. The number of aromatic nitrogens is 1. The lowest BCUT2D eigenvalue weighted by Gasteiger charge is -2.01. The fraction of sp³-hybridized carbons (Fsp3) is 0.100. The lowest BCUT2D eigenvalue weighted by molar-refractivity contribution is -0.133. The summed E-state index contributed by atoms with van der Waals surface area (Å²) >= 11 is 0. The van der Waals surface area contributed by atoms with Crippen LogP contribution in [0.4, 0.5) is 4.39 Å². The standard InChI is InChI=1S/C10H8FNO3/c1-6(2)9(13)15-10(14)7-3-4-12-8(11)5-7/h3-5H,1H2,2H3. The molecule has 0 aliphatic carbocycles. The molecule has 1 rings (SSSR count). The van der Waals surface area contributed by atoms with Gasteiger partial charge in [0, 0.05) is 17.8 Å². The van der Waals surface area contributed by atoms with E-state index in [1.165, 1.54) is 13.0 Å². The molecule has 0 saturated heterocycles. The monoisotopic (exact) mass is 209 g/mol. The van der Waals surface area contributed by atoms with Gasteiger partial charge in [-0.25, -0.2) is 14.6 Å². The second kappa shape index (κ2) is 4.45. The van der Waals surface area contributed by atoms with E-state index in [1.54, 1.807) is 0 Å². The molecule has 0 saturated carbocycles. The Kier molecular flexibility index (Phi) is 3.28. The van der Waals surface area contributed by atoms with Crippen molar-refractivity contribution in [2.45, 2.75) is 6.92 Å². The second-order valence-electron chi connectivity index (χ2n) is 2.82. The van der Waals surface area contributed by atoms with Crippen LogP contribution in [-0.4, -0.2) is 16.9 Å². The molecule has 0 N–H and O–H groups in total. The molecular weight excluding hydrogens is 201 g/mol. The zero-order valence-corrected chi connectivity index (χ0v) is 7.99. The number of nitrogens with zero attached hydrogens (tertiary/aromatic N) is 1. The van der Waals surface area contributed by atoms with Gasteiger partial charge in [0.2, 0.25) is 5.95 Å². The number of hydrogen-bond donors (Lipinski definition) is 0. The van der Waals surface area contributed by atoms with Crippen molar-refractivity contribution in [3.8, 4) is 0 Å². The highest BCUT2D eigenvalue weighted by molar-refractivity contribution is 6.01. The molecule has 0 aliphatic rings. The van der Waals surface area contributed by atoms with Crippen LogP contribution in [0.3, 0.4) is 0 Å². The summed E-state index contributed by atoms with van der Waals surface area (Å²) in [6.45, 7) is 4.71. The Balaban J connectivity index is 2.78. The van der Waals surface area contributed by atoms with Crippen LogP contribution < -0.4 is 0 Å². The highest BCUT2D eigenvalue weighted by atomic mass is 19.1. The third-order valence-corrected chi connectivity index (χ3v) is 1.50. The largest absolute Gasteiger partial charge is 0.386 e. The Labute approximate surface area is 85.4 Å². The summed E-state index contributed by atoms with van der Waals surface area (Å²) in [4.78, 5) is 25.5. The Morgan fingerprint density at radius 3 is 2.73 bits per heavy atom. The number of ether oxygens (including phenoxy) is 1. The number of esters is 2. The van der Waals surface area contributed by atoms with Crippen LogP contribution in [0, 0.1) is 5.95 Å². The minimum atomic E-state index is -0.927. The SMILES string of the molecule is C=C(C)C(=O)OC(=O)c1ccnc(F)c1. The van der Waals surface area contributed by atoms with Crippen LogP contribution in [0.5, 0.6) is 0 Å². The molecule has 15 heavy (non-hydrogen) atoms. The predicted octanol–water partition coefficient (Wildman–Crippen LogP) is 1.48. The van der Waals surface area contributed by atoms with Gasteiger partial charge in [-0.2, -0.15) is 4.39 Å². The highest BCUT2D eigenvalue weighted by Crippen LogP contribution is 2.04. The highest BCUT2D eigenvalue weighted by Gasteiger charge is 2.13. The van der Waals surface area contributed by atoms with Gasteiger partial charge in [-0.3, -0.25) is 0 Å². The Morgan fingerprint density at radius 2 is 2.20 bits per heavy atom. The van der Waals surface area contributed by atoms with Crippen molar-refractivity contribution in [1.82, 2.24) is 4.98 Å². The van der Waals surface area contributed by atoms with Crippen molar-refractivity contribution in [3.63, 3.8) is 0 Å². The molecule has 0 aromatic carbocycles. The summed E-state index contributed by atoms with van der Waals surface area (Å²) in [7, 11) is 0. The molecule has 0 atom stereocenters. The molecule has 78 valence electrons. The molecule has 0 fully saturated rings. The summed E-state index contributed by atoms with van der Waals surface area (Å²) in [5.74, 6) is -2.58. The van der Waals surface area contributed by atoms with Crippen LogP contribution in [0.25, 0.3) is 0 Å². The average Bonchev–Trinajstić information content (AvgIpc) is 2.17. The van der Waals surface area contributed by atoms with E-state index in [0.717, 1.165) is 12.3 Å². The Bertz CT molecular complexity index is 428. The van der Waals surface area contributed by atoms with Crippen molar-refractivity contribution in [2.75, 3.05) is 0 Å². The predicted molar refractivity (Wildman–Crippen MR) is 49.4 cm³/mol. The molecule has 0 spiro atoms. The maximum atomic E-state index is 12.6. The summed E-state index contributed by atoms with van der Waals surface area (Å²) in [5.41, 5.74) is 0.0231. The lowest BCUT2D eigenvalue weighted by Crippen LogP contribution is -2.13. The third-order valence-electron chi connectivity index (χ3n) is 1.50. The first-order valence-corrected chi connectivity index (χ1v) is 4.04. The Morgan fingerprint density at radius 1 is 1.53 bits per heavy atom. The molecule has 0 unspecified atom stereocenters. The molecule has 1 aromatic rings. The first-order valence-electron chi connectivity index (χ1n) is 4.04. The van der Waals surface area contributed by atoms with E-state index in [1.807, 2.05) is 0 Å². The second-order valence-corrected chi connectivity index (χ2v) is 2.82. The number of pyridine rings is 1. The van der Waals surface area contributed by atoms with E-state index in [0.29, 0.717) is 0 Å². The van der Waals surface area contributed by atoms with Crippen molar-refractivity contribution in [3.05, 3.63) is 42.0 Å². The summed E-state index contributed by atoms with van der Waals surface area (Å²) in [6.07, 6.45) is 1.11. The van der Waals surface area contributed by atoms with Gasteiger partial charge in [-0.05, 0) is 13.0 Å². The number of hydrogen-bond acceptors (Lipinski definition) is 4. The molecule has 0 aliphatic heterocycles. The van der Waals surface area contributed by atoms with Crippen molar-refractivity contribution in [1.29, 1.82) is 0 Å². The molecule has 0 amide bonds. The van der Waals surface area contributed by atoms with Crippen LogP contribution in [0.1, 0.15) is 17.3 Å². The fourth-order valence-corrected chi connectivity index (χ4v) is 0.760. The van der Waals surface area contributed by atoms with E-state index in [2.05, 4.69) is 16.3 Å². The maximum absolute atomic E-state index is 12.6. The molecule has 0 radical (unpaired) electrons. The molecule has 4 nitrogen and oxygen atoms in total. The van der Waals surface area contributed by atoms with Gasteiger partial charge < -0.3 is 4.74 Å². The Hall–Kier alpha value is -2.04. The number of halogens is 1. The summed E-state index contributed by atoms with van der Waals surface area (Å²) < 4.78 is 17.0. The van der Waals surface area contributed by atoms with Crippen LogP contribution in [0.2, 0.25) is 0 Å². The number of carbonyl (C=O) groups excluding carboxylic acids is 2. The van der Waals surface area contributed by atoms with E-state index < -0.39 is 17.9 Å². The van der Waals surface area contributed by atoms with Gasteiger partial charge in [0.05, 0.1) is 5.56 Å². The van der Waals surface area contributed by atoms with Gasteiger partial charge in [0.25, 0.3) is 0 Å². The first-order chi connectivity index (χ1) is 7.00. The van der Waals surface area contributed by atoms with E-state index in [4.69, 9.17) is 0 Å². The summed E-state index contributed by atoms with van der Waals surface area (Å²) in [6, 6.07) is 2.13. The van der Waals surface area contributed by atoms with E-state index in [-0.39, 0.29) is 11.1 Å². The quantitative estimate of drug-likeness (QED) is 0.320. The van der Waals surface area contributed by atoms with Crippen molar-refractivity contribution < 1.29 is 18.7 Å². The van der Waals surface area contributed by atoms with Gasteiger partial charge in [0.15, 0.2) is 0 Å². The minimum Gasteiger partial charge on any atom is -0.386 e. The molecule has 1 heterocycles. The van der Waals surface area contributed by atoms with Gasteiger partial charge in [-0.1, -0.05) is 6.58 Å².